The molecule has 2 saturated heterocycles. The van der Waals surface area contributed by atoms with Gasteiger partial charge in [0.15, 0.2) is 16.9 Å². The molecular formula is C59H90N2O14S2. The molecule has 18 heteroatoms. The van der Waals surface area contributed by atoms with Gasteiger partial charge in [-0.15, -0.1) is 0 Å². The highest BCUT2D eigenvalue weighted by Crippen LogP contribution is 2.78. The third kappa shape index (κ3) is 10.0. The van der Waals surface area contributed by atoms with E-state index in [4.69, 9.17) is 23.4 Å². The van der Waals surface area contributed by atoms with Crippen LogP contribution in [-0.2, 0) is 20.7 Å². The quantitative estimate of drug-likeness (QED) is 0.0597. The van der Waals surface area contributed by atoms with Crippen molar-refractivity contribution in [3.63, 3.8) is 0 Å². The van der Waals surface area contributed by atoms with Gasteiger partial charge >= 0.3 is 5.97 Å². The van der Waals surface area contributed by atoms with Crippen LogP contribution in [0, 0.1) is 46.3 Å². The number of nitrogens with one attached hydrogen (secondary N) is 2. The zero-order valence-corrected chi connectivity index (χ0v) is 47.4. The zero-order chi connectivity index (χ0) is 54.4. The highest BCUT2D eigenvalue weighted by molar-refractivity contribution is 8.77. The summed E-state index contributed by atoms with van der Waals surface area (Å²) in [6, 6.07) is 3.59. The first-order valence-electron chi connectivity index (χ1n) is 29.5. The Morgan fingerprint density at radius 2 is 1.82 bits per heavy atom. The number of ether oxygens (including phenoxy) is 4. The largest absolute Gasteiger partial charge is 0.485 e. The number of furan rings is 1. The highest BCUT2D eigenvalue weighted by atomic mass is 33.1. The minimum absolute atomic E-state index is 0.00989. The minimum atomic E-state index is -2.51. The van der Waals surface area contributed by atoms with Crippen molar-refractivity contribution in [1.29, 1.82) is 0 Å². The van der Waals surface area contributed by atoms with Gasteiger partial charge in [-0.3, -0.25) is 4.79 Å². The molecule has 77 heavy (non-hydrogen) atoms. The summed E-state index contributed by atoms with van der Waals surface area (Å²) in [5.74, 6) is -2.06. The van der Waals surface area contributed by atoms with Gasteiger partial charge in [-0.05, 0) is 169 Å². The van der Waals surface area contributed by atoms with Crippen LogP contribution in [0.15, 0.2) is 35.0 Å². The fourth-order valence-corrected chi connectivity index (χ4v) is 21.8. The second-order valence-electron chi connectivity index (χ2n) is 25.0. The van der Waals surface area contributed by atoms with Crippen LogP contribution in [0.5, 0.6) is 11.5 Å². The first-order valence-corrected chi connectivity index (χ1v) is 31.8. The second-order valence-corrected chi connectivity index (χ2v) is 27.7. The van der Waals surface area contributed by atoms with E-state index in [1.165, 1.54) is 0 Å². The predicted molar refractivity (Wildman–Crippen MR) is 295 cm³/mol. The van der Waals surface area contributed by atoms with Gasteiger partial charge in [-0.2, -0.15) is 0 Å². The first kappa shape index (κ1) is 58.0. The predicted octanol–water partition coefficient (Wildman–Crippen LogP) is 6.33. The maximum Gasteiger partial charge on any atom is 0.306 e. The Morgan fingerprint density at radius 1 is 1.00 bits per heavy atom. The van der Waals surface area contributed by atoms with E-state index in [1.54, 1.807) is 42.2 Å². The Morgan fingerprint density at radius 3 is 2.58 bits per heavy atom. The molecule has 8 aliphatic rings. The van der Waals surface area contributed by atoms with Crippen LogP contribution < -0.4 is 20.1 Å². The van der Waals surface area contributed by atoms with Crippen molar-refractivity contribution in [2.24, 2.45) is 46.3 Å². The van der Waals surface area contributed by atoms with Crippen LogP contribution in [0.2, 0.25) is 0 Å². The summed E-state index contributed by atoms with van der Waals surface area (Å²) in [5.41, 5.74) is -5.92. The van der Waals surface area contributed by atoms with Gasteiger partial charge in [-0.1, -0.05) is 66.3 Å². The van der Waals surface area contributed by atoms with E-state index >= 15 is 0 Å². The van der Waals surface area contributed by atoms with Crippen molar-refractivity contribution in [3.05, 3.63) is 36.1 Å². The van der Waals surface area contributed by atoms with Crippen LogP contribution in [0.3, 0.4) is 0 Å². The molecule has 4 saturated carbocycles. The maximum atomic E-state index is 13.9. The molecule has 10 rings (SSSR count). The number of carbonyl (C=O) groups excluding carboxylic acids is 1. The average molecular weight is 1120 g/mol. The van der Waals surface area contributed by atoms with Gasteiger partial charge in [0.2, 0.25) is 12.0 Å². The first-order chi connectivity index (χ1) is 37.1. The third-order valence-corrected chi connectivity index (χ3v) is 24.3. The summed E-state index contributed by atoms with van der Waals surface area (Å²) < 4.78 is 32.7. The third-order valence-electron chi connectivity index (χ3n) is 21.0. The summed E-state index contributed by atoms with van der Waals surface area (Å²) in [5, 5.41) is 107. The van der Waals surface area contributed by atoms with Crippen LogP contribution in [0.1, 0.15) is 141 Å². The number of fused-ring (bicyclic) bond motifs is 12. The van der Waals surface area contributed by atoms with Crippen molar-refractivity contribution in [1.82, 2.24) is 10.6 Å². The molecule has 4 spiro atoms. The fraction of sp³-hybridized carbons (Fsp3) is 0.814. The average Bonchev–Trinajstić information content (AvgIpc) is 4.30. The molecule has 5 bridgehead atoms. The lowest BCUT2D eigenvalue weighted by Gasteiger charge is -2.67. The van der Waals surface area contributed by atoms with Crippen molar-refractivity contribution < 1.29 is 69.0 Å². The highest BCUT2D eigenvalue weighted by Gasteiger charge is 2.79. The van der Waals surface area contributed by atoms with Crippen molar-refractivity contribution >= 4 is 38.5 Å². The molecular weight excluding hydrogens is 1020 g/mol. The Kier molecular flexibility index (Phi) is 17.8. The lowest BCUT2D eigenvalue weighted by molar-refractivity contribution is -0.424. The summed E-state index contributed by atoms with van der Waals surface area (Å²) in [4.78, 5) is 13.1. The van der Waals surface area contributed by atoms with Crippen molar-refractivity contribution in [2.75, 3.05) is 52.3 Å². The second kappa shape index (κ2) is 23.6. The van der Waals surface area contributed by atoms with Crippen LogP contribution in [-0.4, -0.2) is 157 Å². The number of aliphatic hydroxyl groups excluding tert-OH is 6. The monoisotopic (exact) mass is 1110 g/mol. The molecule has 17 atom stereocenters. The molecule has 0 radical (unpaired) electrons. The summed E-state index contributed by atoms with van der Waals surface area (Å²) in [6.45, 7) is 5.22. The number of rotatable bonds is 13. The molecule has 432 valence electrons. The van der Waals surface area contributed by atoms with Gasteiger partial charge in [0, 0.05) is 59.9 Å². The molecule has 16 nitrogen and oxygen atoms in total. The Balaban J connectivity index is 1.18. The molecule has 0 amide bonds. The summed E-state index contributed by atoms with van der Waals surface area (Å²) in [7, 11) is 5.46. The fourth-order valence-electron chi connectivity index (χ4n) is 17.5. The summed E-state index contributed by atoms with van der Waals surface area (Å²) in [6.07, 6.45) is 12.5. The number of hydrogen-bond donors (Lipinski definition) is 10. The van der Waals surface area contributed by atoms with Crippen molar-refractivity contribution in [3.8, 4) is 11.5 Å². The Hall–Kier alpha value is -2.17. The summed E-state index contributed by atoms with van der Waals surface area (Å²) >= 11 is 0. The molecule has 5 aliphatic carbocycles. The number of aliphatic hydroxyl groups is 8. The molecule has 4 heterocycles. The van der Waals surface area contributed by atoms with Crippen LogP contribution >= 0.6 is 21.6 Å². The molecule has 2 aromatic rings. The number of hydrogen-bond acceptors (Lipinski definition) is 18. The Bertz CT molecular complexity index is 2370. The van der Waals surface area contributed by atoms with Gasteiger partial charge in [-0.25, -0.2) is 0 Å². The molecule has 10 N–H and O–H groups in total. The smallest absolute Gasteiger partial charge is 0.306 e. The lowest BCUT2D eigenvalue weighted by Crippen LogP contribution is -2.86. The van der Waals surface area contributed by atoms with E-state index in [0.717, 1.165) is 83.6 Å². The standard InChI is InChI=1S/C59H90N2O14S2/c1-4-71-47(67)19-14-38-29-39-21-27-72-49(39)51-50(38)74-53-59(70)48-40(13-16-43(65)42(48)33-63)31-57(69,52(59)68)58(75-53)35-76-77-56(45(61-25-28-73-51)18-12-36(2)9-7-11-46(58)66)34-54(22-5-6-23-54)55(24-20-37(30-55)32-60-3)44(56)17-15-41(64)10-8-26-62/h13,16,21,27,29,36-37,40-46,48,52-53,60-66,68-70H,4-12,14-15,17-20,22-26,28,30-35H2,1-3H3. The minimum Gasteiger partial charge on any atom is -0.485 e. The van der Waals surface area contributed by atoms with Gasteiger partial charge in [0.1, 0.15) is 23.9 Å². The number of allylic oxidation sites excluding steroid dienone is 1. The molecule has 1 aromatic carbocycles. The van der Waals surface area contributed by atoms with E-state index in [2.05, 4.69) is 17.6 Å². The number of esters is 1. The van der Waals surface area contributed by atoms with E-state index in [-0.39, 0.29) is 91.5 Å². The molecule has 6 fully saturated rings. The van der Waals surface area contributed by atoms with E-state index < -0.39 is 82.6 Å². The van der Waals surface area contributed by atoms with E-state index in [1.807, 2.05) is 23.9 Å². The maximum absolute atomic E-state index is 13.9. The number of aryl methyl sites for hydroxylation is 1. The van der Waals surface area contributed by atoms with Gasteiger partial charge in [0.25, 0.3) is 0 Å². The zero-order valence-electron chi connectivity index (χ0n) is 45.8. The SMILES string of the molecule is CCOC(=O)CCc1cc2ccoc2c2c1OC1OC3(CSSC4(CC5(CCCC5)C5(CCC(CNC)C5)C4CCC(O)CCCO)C(CCC(C)CCCC3O)NCCO2)C2(O)CC3C=CC(O)C(CO)C3C1(O)C2O. The normalized spacial score (nSPS) is 41.3. The topological polar surface area (TPSA) is 253 Å². The molecule has 17 unspecified atom stereocenters. The molecule has 3 aliphatic heterocycles. The number of benzene rings is 1. The van der Waals surface area contributed by atoms with Gasteiger partial charge in [0.05, 0.1) is 31.2 Å². The van der Waals surface area contributed by atoms with E-state index in [9.17, 15) is 45.6 Å². The lowest BCUT2D eigenvalue weighted by atomic mass is 9.50. The Labute approximate surface area is 462 Å². The van der Waals surface area contributed by atoms with Gasteiger partial charge < -0.3 is 74.9 Å². The number of carbonyl (C=O) groups is 1. The van der Waals surface area contributed by atoms with Crippen LogP contribution in [0.25, 0.3) is 11.0 Å². The van der Waals surface area contributed by atoms with Crippen LogP contribution in [0.4, 0.5) is 0 Å². The van der Waals surface area contributed by atoms with E-state index in [0.29, 0.717) is 54.7 Å². The molecule has 1 aromatic heterocycles. The van der Waals surface area contributed by atoms with Crippen molar-refractivity contribution in [2.45, 2.75) is 201 Å².